The topological polar surface area (TPSA) is 41.9 Å². The molecule has 0 spiro atoms. The molecule has 1 saturated heterocycles. The van der Waals surface area contributed by atoms with Crippen LogP contribution in [0.1, 0.15) is 11.1 Å². The third kappa shape index (κ3) is 3.93. The van der Waals surface area contributed by atoms with Crippen LogP contribution in [0.15, 0.2) is 18.2 Å². The van der Waals surface area contributed by atoms with Gasteiger partial charge >= 0.3 is 0 Å². The molecule has 106 valence electrons. The smallest absolute Gasteiger partial charge is 0.125 e. The van der Waals surface area contributed by atoms with Crippen molar-refractivity contribution in [2.24, 2.45) is 0 Å². The summed E-state index contributed by atoms with van der Waals surface area (Å²) in [5.41, 5.74) is 2.31. The van der Waals surface area contributed by atoms with Crippen molar-refractivity contribution in [1.29, 1.82) is 0 Å². The van der Waals surface area contributed by atoms with Gasteiger partial charge in [-0.25, -0.2) is 0 Å². The van der Waals surface area contributed by atoms with Crippen molar-refractivity contribution in [3.8, 4) is 5.75 Å². The minimum absolute atomic E-state index is 0.0827. The van der Waals surface area contributed by atoms with Gasteiger partial charge in [0.1, 0.15) is 18.5 Å². The summed E-state index contributed by atoms with van der Waals surface area (Å²) in [6, 6.07) is 6.15. The predicted octanol–water partition coefficient (Wildman–Crippen LogP) is 1.38. The number of aryl methyl sites for hydroxylation is 2. The van der Waals surface area contributed by atoms with Gasteiger partial charge in [0, 0.05) is 19.6 Å². The second-order valence-electron chi connectivity index (χ2n) is 5.05. The Morgan fingerprint density at radius 3 is 2.79 bits per heavy atom. The van der Waals surface area contributed by atoms with Crippen LogP contribution in [0.3, 0.4) is 0 Å². The predicted molar refractivity (Wildman–Crippen MR) is 74.7 cm³/mol. The van der Waals surface area contributed by atoms with Crippen LogP contribution >= 0.6 is 0 Å². The summed E-state index contributed by atoms with van der Waals surface area (Å²) in [7, 11) is 0. The largest absolute Gasteiger partial charge is 0.490 e. The average Bonchev–Trinajstić information content (AvgIpc) is 2.39. The first kappa shape index (κ1) is 14.3. The van der Waals surface area contributed by atoms with Crippen molar-refractivity contribution in [3.05, 3.63) is 29.3 Å². The molecule has 0 saturated carbocycles. The third-order valence-electron chi connectivity index (χ3n) is 3.46. The van der Waals surface area contributed by atoms with E-state index in [0.717, 1.165) is 30.0 Å². The number of rotatable bonds is 5. The molecule has 1 fully saturated rings. The molecule has 1 aliphatic rings. The summed E-state index contributed by atoms with van der Waals surface area (Å²) in [4.78, 5) is 2.21. The van der Waals surface area contributed by atoms with Gasteiger partial charge in [-0.3, -0.25) is 4.90 Å². The van der Waals surface area contributed by atoms with Crippen LogP contribution < -0.4 is 4.74 Å². The number of benzene rings is 1. The van der Waals surface area contributed by atoms with E-state index < -0.39 is 0 Å². The van der Waals surface area contributed by atoms with Gasteiger partial charge in [0.15, 0.2) is 0 Å². The second-order valence-corrected chi connectivity index (χ2v) is 5.05. The van der Waals surface area contributed by atoms with Crippen molar-refractivity contribution in [2.75, 3.05) is 39.5 Å². The molecule has 0 aliphatic carbocycles. The van der Waals surface area contributed by atoms with Gasteiger partial charge in [0.25, 0.3) is 0 Å². The van der Waals surface area contributed by atoms with Crippen molar-refractivity contribution in [1.82, 2.24) is 4.90 Å². The molecule has 0 amide bonds. The van der Waals surface area contributed by atoms with Gasteiger partial charge in [-0.05, 0) is 25.0 Å². The van der Waals surface area contributed by atoms with E-state index in [1.165, 1.54) is 0 Å². The maximum Gasteiger partial charge on any atom is 0.125 e. The Balaban J connectivity index is 1.88. The van der Waals surface area contributed by atoms with E-state index in [4.69, 9.17) is 14.6 Å². The normalized spacial score (nSPS) is 20.5. The zero-order valence-corrected chi connectivity index (χ0v) is 11.8. The fourth-order valence-corrected chi connectivity index (χ4v) is 2.43. The molecule has 1 aromatic rings. The molecule has 0 bridgehead atoms. The number of aliphatic hydroxyl groups is 1. The lowest BCUT2D eigenvalue weighted by Crippen LogP contribution is -2.45. The zero-order chi connectivity index (χ0) is 13.7. The summed E-state index contributed by atoms with van der Waals surface area (Å²) < 4.78 is 11.6. The van der Waals surface area contributed by atoms with E-state index in [9.17, 15) is 0 Å². The summed E-state index contributed by atoms with van der Waals surface area (Å²) in [5.74, 6) is 0.963. The summed E-state index contributed by atoms with van der Waals surface area (Å²) in [6.07, 6.45) is 0.0827. The molecular formula is C15H23NO3. The maximum absolute atomic E-state index is 8.97. The van der Waals surface area contributed by atoms with Crippen LogP contribution in [0.2, 0.25) is 0 Å². The Hall–Kier alpha value is -1.10. The average molecular weight is 265 g/mol. The van der Waals surface area contributed by atoms with Crippen molar-refractivity contribution in [3.63, 3.8) is 0 Å². The SMILES string of the molecule is Cc1cccc(C)c1OC[C@@H]1CN(CCO)CCO1. The first-order valence-corrected chi connectivity index (χ1v) is 6.84. The molecule has 1 aliphatic heterocycles. The number of hydrogen-bond donors (Lipinski definition) is 1. The fourth-order valence-electron chi connectivity index (χ4n) is 2.43. The van der Waals surface area contributed by atoms with Gasteiger partial charge in [0.05, 0.1) is 13.2 Å². The number of morpholine rings is 1. The summed E-state index contributed by atoms with van der Waals surface area (Å²) >= 11 is 0. The number of hydrogen-bond acceptors (Lipinski definition) is 4. The Morgan fingerprint density at radius 2 is 2.11 bits per heavy atom. The Morgan fingerprint density at radius 1 is 1.37 bits per heavy atom. The lowest BCUT2D eigenvalue weighted by molar-refractivity contribution is -0.0509. The zero-order valence-electron chi connectivity index (χ0n) is 11.8. The summed E-state index contributed by atoms with van der Waals surface area (Å²) in [5, 5.41) is 8.97. The molecule has 4 heteroatoms. The highest BCUT2D eigenvalue weighted by Crippen LogP contribution is 2.22. The minimum Gasteiger partial charge on any atom is -0.490 e. The Labute approximate surface area is 114 Å². The number of ether oxygens (including phenoxy) is 2. The fraction of sp³-hybridized carbons (Fsp3) is 0.600. The maximum atomic E-state index is 8.97. The number of aliphatic hydroxyl groups excluding tert-OH is 1. The highest BCUT2D eigenvalue weighted by atomic mass is 16.5. The van der Waals surface area contributed by atoms with Crippen LogP contribution in [0.5, 0.6) is 5.75 Å². The van der Waals surface area contributed by atoms with Crippen LogP contribution in [-0.2, 0) is 4.74 Å². The molecule has 0 radical (unpaired) electrons. The van der Waals surface area contributed by atoms with Crippen LogP contribution in [0, 0.1) is 13.8 Å². The van der Waals surface area contributed by atoms with E-state index in [0.29, 0.717) is 19.8 Å². The second kappa shape index (κ2) is 6.89. The lowest BCUT2D eigenvalue weighted by atomic mass is 10.1. The highest BCUT2D eigenvalue weighted by Gasteiger charge is 2.20. The van der Waals surface area contributed by atoms with E-state index >= 15 is 0 Å². The molecule has 0 unspecified atom stereocenters. The molecule has 1 atom stereocenters. The van der Waals surface area contributed by atoms with Gasteiger partial charge in [0.2, 0.25) is 0 Å². The standard InChI is InChI=1S/C15H23NO3/c1-12-4-3-5-13(2)15(12)19-11-14-10-16(6-8-17)7-9-18-14/h3-5,14,17H,6-11H2,1-2H3/t14-/m0/s1. The number of nitrogens with zero attached hydrogens (tertiary/aromatic N) is 1. The van der Waals surface area contributed by atoms with E-state index in [1.807, 2.05) is 6.07 Å². The molecular weight excluding hydrogens is 242 g/mol. The molecule has 1 heterocycles. The van der Waals surface area contributed by atoms with Crippen molar-refractivity contribution in [2.45, 2.75) is 20.0 Å². The van der Waals surface area contributed by atoms with Crippen LogP contribution in [0.25, 0.3) is 0 Å². The Bertz CT molecular complexity index is 386. The molecule has 1 aromatic carbocycles. The Kier molecular flexibility index (Phi) is 5.19. The minimum atomic E-state index is 0.0827. The van der Waals surface area contributed by atoms with Gasteiger partial charge < -0.3 is 14.6 Å². The molecule has 19 heavy (non-hydrogen) atoms. The molecule has 2 rings (SSSR count). The first-order valence-electron chi connectivity index (χ1n) is 6.84. The molecule has 0 aromatic heterocycles. The van der Waals surface area contributed by atoms with E-state index in [-0.39, 0.29) is 12.7 Å². The van der Waals surface area contributed by atoms with Gasteiger partial charge in [-0.2, -0.15) is 0 Å². The number of β-amino-alcohol motifs (C(OH)–C–C–N with tert-alkyl or cyclic N) is 1. The quantitative estimate of drug-likeness (QED) is 0.873. The van der Waals surface area contributed by atoms with Gasteiger partial charge in [-0.15, -0.1) is 0 Å². The monoisotopic (exact) mass is 265 g/mol. The van der Waals surface area contributed by atoms with E-state index in [1.54, 1.807) is 0 Å². The van der Waals surface area contributed by atoms with Crippen molar-refractivity contribution < 1.29 is 14.6 Å². The lowest BCUT2D eigenvalue weighted by Gasteiger charge is -2.32. The first-order chi connectivity index (χ1) is 9.20. The third-order valence-corrected chi connectivity index (χ3v) is 3.46. The molecule has 4 nitrogen and oxygen atoms in total. The van der Waals surface area contributed by atoms with Gasteiger partial charge in [-0.1, -0.05) is 18.2 Å². The van der Waals surface area contributed by atoms with Crippen LogP contribution in [-0.4, -0.2) is 55.6 Å². The summed E-state index contributed by atoms with van der Waals surface area (Å²) in [6.45, 7) is 8.01. The number of para-hydroxylation sites is 1. The highest BCUT2D eigenvalue weighted by molar-refractivity contribution is 5.39. The molecule has 1 N–H and O–H groups in total. The van der Waals surface area contributed by atoms with Crippen LogP contribution in [0.4, 0.5) is 0 Å². The van der Waals surface area contributed by atoms with Crippen molar-refractivity contribution >= 4 is 0 Å². The van der Waals surface area contributed by atoms with E-state index in [2.05, 4.69) is 30.9 Å².